The van der Waals surface area contributed by atoms with Gasteiger partial charge in [0.25, 0.3) is 0 Å². The fourth-order valence-electron chi connectivity index (χ4n) is 2.22. The van der Waals surface area contributed by atoms with E-state index in [0.29, 0.717) is 19.7 Å². The maximum absolute atomic E-state index is 11.5. The van der Waals surface area contributed by atoms with Crippen molar-refractivity contribution < 1.29 is 9.53 Å². The van der Waals surface area contributed by atoms with Crippen molar-refractivity contribution in [3.05, 3.63) is 35.4 Å². The molecule has 0 aromatic heterocycles. The van der Waals surface area contributed by atoms with E-state index in [1.807, 2.05) is 0 Å². The second-order valence-corrected chi connectivity index (χ2v) is 4.98. The molecule has 0 saturated carbocycles. The van der Waals surface area contributed by atoms with E-state index in [2.05, 4.69) is 43.4 Å². The molecule has 1 heterocycles. The van der Waals surface area contributed by atoms with Gasteiger partial charge in [0.15, 0.2) is 0 Å². The van der Waals surface area contributed by atoms with Gasteiger partial charge in [-0.1, -0.05) is 36.8 Å². The lowest BCUT2D eigenvalue weighted by molar-refractivity contribution is 0.155. The van der Waals surface area contributed by atoms with E-state index in [1.165, 1.54) is 11.1 Å². The highest BCUT2D eigenvalue weighted by Crippen LogP contribution is 2.17. The second-order valence-electron chi connectivity index (χ2n) is 4.98. The number of amides is 1. The van der Waals surface area contributed by atoms with E-state index < -0.39 is 0 Å². The van der Waals surface area contributed by atoms with Crippen molar-refractivity contribution in [3.63, 3.8) is 0 Å². The van der Waals surface area contributed by atoms with E-state index >= 15 is 0 Å². The summed E-state index contributed by atoms with van der Waals surface area (Å²) in [6, 6.07) is 8.65. The molecule has 0 aliphatic carbocycles. The minimum absolute atomic E-state index is 0.172. The first-order valence-electron chi connectivity index (χ1n) is 6.92. The minimum Gasteiger partial charge on any atom is -0.448 e. The Kier molecular flexibility index (Phi) is 4.80. The van der Waals surface area contributed by atoms with Gasteiger partial charge in [-0.25, -0.2) is 4.79 Å². The molecule has 1 amide bonds. The first-order chi connectivity index (χ1) is 9.20. The van der Waals surface area contributed by atoms with Gasteiger partial charge in [0.05, 0.1) is 12.6 Å². The van der Waals surface area contributed by atoms with E-state index in [4.69, 9.17) is 4.74 Å². The van der Waals surface area contributed by atoms with Crippen LogP contribution in [-0.2, 0) is 4.74 Å². The number of hydrogen-bond donors (Lipinski definition) is 1. The van der Waals surface area contributed by atoms with Crippen LogP contribution < -0.4 is 5.32 Å². The molecule has 0 spiro atoms. The van der Waals surface area contributed by atoms with Crippen LogP contribution in [0.3, 0.4) is 0 Å². The van der Waals surface area contributed by atoms with E-state index in [0.717, 1.165) is 13.0 Å². The van der Waals surface area contributed by atoms with Gasteiger partial charge in [0.1, 0.15) is 6.61 Å². The summed E-state index contributed by atoms with van der Waals surface area (Å²) in [6.45, 7) is 7.03. The summed E-state index contributed by atoms with van der Waals surface area (Å²) in [5.74, 6) is 0. The van der Waals surface area contributed by atoms with Crippen LogP contribution in [0, 0.1) is 6.92 Å². The number of aryl methyl sites for hydroxylation is 1. The molecule has 1 unspecified atom stereocenters. The molecule has 1 atom stereocenters. The maximum Gasteiger partial charge on any atom is 0.410 e. The Bertz CT molecular complexity index is 417. The number of nitrogens with zero attached hydrogens (tertiary/aromatic N) is 1. The summed E-state index contributed by atoms with van der Waals surface area (Å²) < 4.78 is 4.99. The van der Waals surface area contributed by atoms with Crippen LogP contribution in [0.1, 0.15) is 30.5 Å². The Balaban J connectivity index is 2.06. The van der Waals surface area contributed by atoms with Crippen LogP contribution in [-0.4, -0.2) is 37.2 Å². The third kappa shape index (κ3) is 3.70. The summed E-state index contributed by atoms with van der Waals surface area (Å²) in [5.41, 5.74) is 2.47. The normalized spacial score (nSPS) is 16.5. The zero-order chi connectivity index (χ0) is 13.7. The fraction of sp³-hybridized carbons (Fsp3) is 0.533. The predicted molar refractivity (Wildman–Crippen MR) is 75.1 cm³/mol. The average molecular weight is 262 g/mol. The Morgan fingerprint density at radius 1 is 1.37 bits per heavy atom. The van der Waals surface area contributed by atoms with Crippen molar-refractivity contribution in [2.75, 3.05) is 26.2 Å². The van der Waals surface area contributed by atoms with Crippen LogP contribution in [0.15, 0.2) is 24.3 Å². The largest absolute Gasteiger partial charge is 0.448 e. The molecule has 1 N–H and O–H groups in total. The number of nitrogens with one attached hydrogen (secondary N) is 1. The van der Waals surface area contributed by atoms with Crippen LogP contribution in [0.4, 0.5) is 4.79 Å². The molecule has 4 heteroatoms. The number of hydrogen-bond acceptors (Lipinski definition) is 3. The van der Waals surface area contributed by atoms with Crippen molar-refractivity contribution in [1.29, 1.82) is 0 Å². The molecule has 1 aliphatic heterocycles. The Morgan fingerprint density at radius 2 is 2.11 bits per heavy atom. The third-order valence-corrected chi connectivity index (χ3v) is 3.37. The van der Waals surface area contributed by atoms with Gasteiger partial charge in [-0.05, 0) is 25.5 Å². The highest BCUT2D eigenvalue weighted by molar-refractivity contribution is 5.69. The second kappa shape index (κ2) is 6.57. The number of ether oxygens (including phenoxy) is 1. The smallest absolute Gasteiger partial charge is 0.410 e. The minimum atomic E-state index is -0.199. The topological polar surface area (TPSA) is 41.6 Å². The van der Waals surface area contributed by atoms with Crippen molar-refractivity contribution in [2.24, 2.45) is 0 Å². The summed E-state index contributed by atoms with van der Waals surface area (Å²) in [6.07, 6.45) is 0.878. The van der Waals surface area contributed by atoms with E-state index in [9.17, 15) is 4.79 Å². The highest BCUT2D eigenvalue weighted by Gasteiger charge is 2.25. The first kappa shape index (κ1) is 13.9. The Labute approximate surface area is 114 Å². The zero-order valence-corrected chi connectivity index (χ0v) is 11.7. The number of rotatable bonds is 6. The van der Waals surface area contributed by atoms with Crippen LogP contribution in [0.25, 0.3) is 0 Å². The monoisotopic (exact) mass is 262 g/mol. The van der Waals surface area contributed by atoms with E-state index in [1.54, 1.807) is 4.90 Å². The van der Waals surface area contributed by atoms with E-state index in [-0.39, 0.29) is 12.1 Å². The predicted octanol–water partition coefficient (Wildman–Crippen LogP) is 2.49. The molecule has 1 aliphatic rings. The molecule has 1 fully saturated rings. The molecule has 0 bridgehead atoms. The first-order valence-corrected chi connectivity index (χ1v) is 6.92. The van der Waals surface area contributed by atoms with Crippen LogP contribution in [0.2, 0.25) is 0 Å². The Hall–Kier alpha value is -1.55. The lowest BCUT2D eigenvalue weighted by Crippen LogP contribution is -2.36. The third-order valence-electron chi connectivity index (χ3n) is 3.37. The van der Waals surface area contributed by atoms with Crippen LogP contribution in [0.5, 0.6) is 0 Å². The van der Waals surface area contributed by atoms with Crippen molar-refractivity contribution in [3.8, 4) is 0 Å². The highest BCUT2D eigenvalue weighted by atomic mass is 16.6. The van der Waals surface area contributed by atoms with Gasteiger partial charge >= 0.3 is 6.09 Å². The van der Waals surface area contributed by atoms with Gasteiger partial charge in [-0.15, -0.1) is 0 Å². The summed E-state index contributed by atoms with van der Waals surface area (Å²) >= 11 is 0. The SMILES string of the molecule is CCCNC(CN1CCOC1=O)c1ccc(C)cc1. The molecule has 4 nitrogen and oxygen atoms in total. The fourth-order valence-corrected chi connectivity index (χ4v) is 2.22. The molecule has 19 heavy (non-hydrogen) atoms. The summed E-state index contributed by atoms with van der Waals surface area (Å²) in [7, 11) is 0. The molecule has 0 radical (unpaired) electrons. The Morgan fingerprint density at radius 3 is 2.68 bits per heavy atom. The van der Waals surface area contributed by atoms with Crippen molar-refractivity contribution in [2.45, 2.75) is 26.3 Å². The van der Waals surface area contributed by atoms with Gasteiger partial charge in [-0.3, -0.25) is 0 Å². The summed E-state index contributed by atoms with van der Waals surface area (Å²) in [4.78, 5) is 13.3. The molecule has 2 rings (SSSR count). The molecular formula is C15H22N2O2. The van der Waals surface area contributed by atoms with Crippen molar-refractivity contribution in [1.82, 2.24) is 10.2 Å². The molecule has 1 aromatic carbocycles. The molecule has 1 saturated heterocycles. The van der Waals surface area contributed by atoms with Gasteiger partial charge < -0.3 is 15.0 Å². The number of benzene rings is 1. The number of carbonyl (C=O) groups is 1. The van der Waals surface area contributed by atoms with Crippen LogP contribution >= 0.6 is 0 Å². The van der Waals surface area contributed by atoms with Gasteiger partial charge in [0, 0.05) is 6.54 Å². The molecule has 104 valence electrons. The van der Waals surface area contributed by atoms with Gasteiger partial charge in [0.2, 0.25) is 0 Å². The van der Waals surface area contributed by atoms with Crippen molar-refractivity contribution >= 4 is 6.09 Å². The summed E-state index contributed by atoms with van der Waals surface area (Å²) in [5, 5.41) is 3.50. The standard InChI is InChI=1S/C15H22N2O2/c1-3-8-16-14(11-17-9-10-19-15(17)18)13-6-4-12(2)5-7-13/h4-7,14,16H,3,8-11H2,1-2H3. The maximum atomic E-state index is 11.5. The zero-order valence-electron chi connectivity index (χ0n) is 11.7. The quantitative estimate of drug-likeness (QED) is 0.856. The number of carbonyl (C=O) groups excluding carboxylic acids is 1. The molecule has 1 aromatic rings. The lowest BCUT2D eigenvalue weighted by Gasteiger charge is -2.23. The van der Waals surface area contributed by atoms with Gasteiger partial charge in [-0.2, -0.15) is 0 Å². The lowest BCUT2D eigenvalue weighted by atomic mass is 10.0. The molecular weight excluding hydrogens is 240 g/mol. The number of cyclic esters (lactones) is 1. The average Bonchev–Trinajstić information content (AvgIpc) is 2.81.